The van der Waals surface area contributed by atoms with Crippen molar-refractivity contribution in [1.29, 1.82) is 0 Å². The molecular weight excluding hydrogens is 304 g/mol. The van der Waals surface area contributed by atoms with Gasteiger partial charge in [-0.1, -0.05) is 23.7 Å². The van der Waals surface area contributed by atoms with Crippen molar-refractivity contribution in [3.63, 3.8) is 0 Å². The molecule has 1 aromatic carbocycles. The van der Waals surface area contributed by atoms with E-state index in [1.165, 1.54) is 6.20 Å². The standard InChI is InChI=1S/C12H10BrClN2O/c1-8-15-6-11(13)12(17)16(8)7-9-2-4-10(14)5-3-9/h2-6H,7H2,1H3. The summed E-state index contributed by atoms with van der Waals surface area (Å²) in [6, 6.07) is 7.41. The van der Waals surface area contributed by atoms with E-state index in [0.717, 1.165) is 5.56 Å². The number of halogens is 2. The summed E-state index contributed by atoms with van der Waals surface area (Å²) in [7, 11) is 0. The monoisotopic (exact) mass is 312 g/mol. The molecule has 5 heteroatoms. The van der Waals surface area contributed by atoms with E-state index in [2.05, 4.69) is 20.9 Å². The molecular formula is C12H10BrClN2O. The second kappa shape index (κ2) is 5.02. The van der Waals surface area contributed by atoms with E-state index >= 15 is 0 Å². The van der Waals surface area contributed by atoms with Gasteiger partial charge in [-0.2, -0.15) is 0 Å². The molecule has 0 unspecified atom stereocenters. The van der Waals surface area contributed by atoms with Crippen molar-refractivity contribution in [3.05, 3.63) is 61.7 Å². The molecule has 0 radical (unpaired) electrons. The van der Waals surface area contributed by atoms with E-state index in [0.29, 0.717) is 21.9 Å². The largest absolute Gasteiger partial charge is 0.291 e. The lowest BCUT2D eigenvalue weighted by atomic mass is 10.2. The summed E-state index contributed by atoms with van der Waals surface area (Å²) in [5.74, 6) is 0.688. The highest BCUT2D eigenvalue weighted by Gasteiger charge is 2.05. The van der Waals surface area contributed by atoms with Gasteiger partial charge in [0.25, 0.3) is 5.56 Å². The van der Waals surface area contributed by atoms with Gasteiger partial charge < -0.3 is 0 Å². The molecule has 3 nitrogen and oxygen atoms in total. The molecule has 0 amide bonds. The van der Waals surface area contributed by atoms with Gasteiger partial charge in [0.15, 0.2) is 0 Å². The Morgan fingerprint density at radius 2 is 2.00 bits per heavy atom. The first kappa shape index (κ1) is 12.3. The van der Waals surface area contributed by atoms with Gasteiger partial charge in [-0.25, -0.2) is 4.98 Å². The average molecular weight is 314 g/mol. The van der Waals surface area contributed by atoms with Gasteiger partial charge in [0, 0.05) is 11.2 Å². The Morgan fingerprint density at radius 1 is 1.35 bits per heavy atom. The highest BCUT2D eigenvalue weighted by Crippen LogP contribution is 2.11. The van der Waals surface area contributed by atoms with Crippen LogP contribution in [0.5, 0.6) is 0 Å². The van der Waals surface area contributed by atoms with Crippen molar-refractivity contribution in [3.8, 4) is 0 Å². The molecule has 88 valence electrons. The molecule has 0 fully saturated rings. The molecule has 0 saturated carbocycles. The summed E-state index contributed by atoms with van der Waals surface area (Å²) in [6.45, 7) is 2.30. The molecule has 0 aliphatic carbocycles. The minimum atomic E-state index is -0.0764. The third-order valence-corrected chi connectivity index (χ3v) is 3.25. The average Bonchev–Trinajstić information content (AvgIpc) is 2.32. The van der Waals surface area contributed by atoms with Crippen LogP contribution in [0.4, 0.5) is 0 Å². The van der Waals surface area contributed by atoms with E-state index in [-0.39, 0.29) is 5.56 Å². The second-order valence-corrected chi connectivity index (χ2v) is 4.96. The van der Waals surface area contributed by atoms with Gasteiger partial charge in [-0.15, -0.1) is 0 Å². The maximum atomic E-state index is 11.9. The molecule has 17 heavy (non-hydrogen) atoms. The lowest BCUT2D eigenvalue weighted by Crippen LogP contribution is -2.24. The van der Waals surface area contributed by atoms with Gasteiger partial charge in [0.1, 0.15) is 10.3 Å². The summed E-state index contributed by atoms with van der Waals surface area (Å²) in [5.41, 5.74) is 0.937. The fraction of sp³-hybridized carbons (Fsp3) is 0.167. The predicted molar refractivity (Wildman–Crippen MR) is 71.5 cm³/mol. The molecule has 0 aliphatic rings. The molecule has 0 N–H and O–H groups in total. The molecule has 1 heterocycles. The van der Waals surface area contributed by atoms with Crippen molar-refractivity contribution in [2.45, 2.75) is 13.5 Å². The number of hydrogen-bond acceptors (Lipinski definition) is 2. The highest BCUT2D eigenvalue weighted by molar-refractivity contribution is 9.10. The van der Waals surface area contributed by atoms with Crippen molar-refractivity contribution < 1.29 is 0 Å². The maximum absolute atomic E-state index is 11.9. The van der Waals surface area contributed by atoms with Crippen LogP contribution in [0.2, 0.25) is 5.02 Å². The third kappa shape index (κ3) is 2.76. The summed E-state index contributed by atoms with van der Waals surface area (Å²) >= 11 is 9.00. The van der Waals surface area contributed by atoms with Crippen molar-refractivity contribution in [2.75, 3.05) is 0 Å². The number of aromatic nitrogens is 2. The van der Waals surface area contributed by atoms with E-state index in [1.807, 2.05) is 31.2 Å². The van der Waals surface area contributed by atoms with Crippen LogP contribution in [-0.4, -0.2) is 9.55 Å². The van der Waals surface area contributed by atoms with Crippen molar-refractivity contribution in [2.24, 2.45) is 0 Å². The van der Waals surface area contributed by atoms with E-state index in [1.54, 1.807) is 4.57 Å². The first-order chi connectivity index (χ1) is 8.08. The van der Waals surface area contributed by atoms with Gasteiger partial charge in [0.05, 0.1) is 6.54 Å². The Morgan fingerprint density at radius 3 is 2.65 bits per heavy atom. The Kier molecular flexibility index (Phi) is 3.64. The number of rotatable bonds is 2. The van der Waals surface area contributed by atoms with E-state index < -0.39 is 0 Å². The van der Waals surface area contributed by atoms with Crippen LogP contribution in [-0.2, 0) is 6.54 Å². The molecule has 1 aromatic heterocycles. The summed E-state index contributed by atoms with van der Waals surface area (Å²) in [5, 5.41) is 0.685. The topological polar surface area (TPSA) is 34.9 Å². The Labute approximate surface area is 112 Å². The number of aryl methyl sites for hydroxylation is 1. The molecule has 2 aromatic rings. The zero-order valence-electron chi connectivity index (χ0n) is 9.15. The maximum Gasteiger partial charge on any atom is 0.268 e. The zero-order chi connectivity index (χ0) is 12.4. The Bertz CT molecular complexity index is 592. The number of hydrogen-bond donors (Lipinski definition) is 0. The third-order valence-electron chi connectivity index (χ3n) is 2.46. The molecule has 0 bridgehead atoms. The lowest BCUT2D eigenvalue weighted by Gasteiger charge is -2.09. The normalized spacial score (nSPS) is 10.5. The van der Waals surface area contributed by atoms with Crippen molar-refractivity contribution >= 4 is 27.5 Å². The summed E-state index contributed by atoms with van der Waals surface area (Å²) in [4.78, 5) is 16.1. The van der Waals surface area contributed by atoms with Crippen LogP contribution in [0.3, 0.4) is 0 Å². The first-order valence-corrected chi connectivity index (χ1v) is 6.21. The molecule has 2 rings (SSSR count). The summed E-state index contributed by atoms with van der Waals surface area (Å²) in [6.07, 6.45) is 1.52. The highest BCUT2D eigenvalue weighted by atomic mass is 79.9. The minimum absolute atomic E-state index is 0.0764. The van der Waals surface area contributed by atoms with Gasteiger partial charge in [0.2, 0.25) is 0 Å². The first-order valence-electron chi connectivity index (χ1n) is 5.04. The van der Waals surface area contributed by atoms with Gasteiger partial charge in [-0.05, 0) is 40.5 Å². The van der Waals surface area contributed by atoms with Crippen LogP contribution in [0, 0.1) is 6.92 Å². The van der Waals surface area contributed by atoms with Crippen LogP contribution in [0.25, 0.3) is 0 Å². The fourth-order valence-electron chi connectivity index (χ4n) is 1.51. The minimum Gasteiger partial charge on any atom is -0.291 e. The number of nitrogens with zero attached hydrogens (tertiary/aromatic N) is 2. The lowest BCUT2D eigenvalue weighted by molar-refractivity contribution is 0.695. The van der Waals surface area contributed by atoms with E-state index in [4.69, 9.17) is 11.6 Å². The molecule has 0 saturated heterocycles. The molecule has 0 spiro atoms. The van der Waals surface area contributed by atoms with Gasteiger partial charge >= 0.3 is 0 Å². The molecule has 0 atom stereocenters. The zero-order valence-corrected chi connectivity index (χ0v) is 11.5. The molecule has 0 aliphatic heterocycles. The van der Waals surface area contributed by atoms with Crippen LogP contribution < -0.4 is 5.56 Å². The fourth-order valence-corrected chi connectivity index (χ4v) is 1.95. The van der Waals surface area contributed by atoms with Crippen LogP contribution in [0.1, 0.15) is 11.4 Å². The van der Waals surface area contributed by atoms with Crippen molar-refractivity contribution in [1.82, 2.24) is 9.55 Å². The SMILES string of the molecule is Cc1ncc(Br)c(=O)n1Cc1ccc(Cl)cc1. The predicted octanol–water partition coefficient (Wildman–Crippen LogP) is 3.02. The van der Waals surface area contributed by atoms with Gasteiger partial charge in [-0.3, -0.25) is 9.36 Å². The van der Waals surface area contributed by atoms with E-state index in [9.17, 15) is 4.79 Å². The smallest absolute Gasteiger partial charge is 0.268 e. The Balaban J connectivity index is 2.39. The number of benzene rings is 1. The second-order valence-electron chi connectivity index (χ2n) is 3.67. The summed E-state index contributed by atoms with van der Waals surface area (Å²) < 4.78 is 2.09. The van der Waals surface area contributed by atoms with Crippen LogP contribution >= 0.6 is 27.5 Å². The Hall–Kier alpha value is -1.13. The van der Waals surface area contributed by atoms with Crippen LogP contribution in [0.15, 0.2) is 39.7 Å². The quantitative estimate of drug-likeness (QED) is 0.854.